The Labute approximate surface area is 132 Å². The van der Waals surface area contributed by atoms with Gasteiger partial charge in [0.25, 0.3) is 0 Å². The lowest BCUT2D eigenvalue weighted by molar-refractivity contribution is -0.139. The number of alkyl halides is 3. The molecule has 3 nitrogen and oxygen atoms in total. The summed E-state index contributed by atoms with van der Waals surface area (Å²) in [6.45, 7) is 1.85. The maximum atomic E-state index is 13.0. The lowest BCUT2D eigenvalue weighted by Gasteiger charge is -2.20. The Bertz CT molecular complexity index is 494. The van der Waals surface area contributed by atoms with E-state index in [4.69, 9.17) is 10.8 Å². The van der Waals surface area contributed by atoms with Crippen molar-refractivity contribution < 1.29 is 23.1 Å². The number of aliphatic carboxylic acids is 1. The van der Waals surface area contributed by atoms with E-state index in [-0.39, 0.29) is 5.92 Å². The number of carboxylic acid groups (broad SMARTS) is 1. The van der Waals surface area contributed by atoms with Crippen LogP contribution in [0, 0.1) is 0 Å². The van der Waals surface area contributed by atoms with Gasteiger partial charge in [0.2, 0.25) is 0 Å². The van der Waals surface area contributed by atoms with Gasteiger partial charge in [-0.3, -0.25) is 4.79 Å². The third-order valence-electron chi connectivity index (χ3n) is 3.41. The van der Waals surface area contributed by atoms with Crippen molar-refractivity contribution in [2.24, 2.45) is 5.73 Å². The van der Waals surface area contributed by atoms with Crippen LogP contribution in [-0.4, -0.2) is 28.6 Å². The van der Waals surface area contributed by atoms with Crippen molar-refractivity contribution in [3.63, 3.8) is 0 Å². The first kappa shape index (κ1) is 18.8. The monoisotopic (exact) mass is 335 g/mol. The zero-order valence-corrected chi connectivity index (χ0v) is 13.1. The molecule has 0 saturated carbocycles. The topological polar surface area (TPSA) is 63.3 Å². The van der Waals surface area contributed by atoms with Gasteiger partial charge >= 0.3 is 12.1 Å². The number of nitrogens with two attached hydrogens (primary N) is 1. The molecule has 0 spiro atoms. The van der Waals surface area contributed by atoms with Gasteiger partial charge in [-0.05, 0) is 36.1 Å². The molecule has 3 N–H and O–H groups in total. The van der Waals surface area contributed by atoms with E-state index in [1.165, 1.54) is 23.9 Å². The van der Waals surface area contributed by atoms with E-state index in [2.05, 4.69) is 0 Å². The van der Waals surface area contributed by atoms with Crippen LogP contribution in [0.5, 0.6) is 0 Å². The van der Waals surface area contributed by atoms with Crippen LogP contribution < -0.4 is 5.73 Å². The maximum Gasteiger partial charge on any atom is 0.416 e. The number of hydrogen-bond acceptors (Lipinski definition) is 3. The van der Waals surface area contributed by atoms with Gasteiger partial charge in [-0.25, -0.2) is 0 Å². The summed E-state index contributed by atoms with van der Waals surface area (Å²) in [6, 6.07) is 4.69. The molecule has 0 aromatic heterocycles. The molecule has 0 aliphatic heterocycles. The third-order valence-corrected chi connectivity index (χ3v) is 4.57. The standard InChI is InChI=1S/C15H20F3NO2S/c1-2-10(9-22-8-7-13(19)14(20)21)11-5-3-4-6-12(11)15(16,17)18/h3-6,10,13H,2,7-9,19H2,1H3,(H,20,21). The molecule has 1 rings (SSSR count). The SMILES string of the molecule is CCC(CSCCC(N)C(=O)O)c1ccccc1C(F)(F)F. The van der Waals surface area contributed by atoms with E-state index >= 15 is 0 Å². The Morgan fingerprint density at radius 3 is 2.55 bits per heavy atom. The third kappa shape index (κ3) is 5.53. The van der Waals surface area contributed by atoms with Crippen molar-refractivity contribution in [3.8, 4) is 0 Å². The summed E-state index contributed by atoms with van der Waals surface area (Å²) in [6.07, 6.45) is -3.47. The molecule has 0 saturated heterocycles. The summed E-state index contributed by atoms with van der Waals surface area (Å²) in [4.78, 5) is 10.6. The number of rotatable bonds is 8. The number of carboxylic acids is 1. The minimum Gasteiger partial charge on any atom is -0.480 e. The van der Waals surface area contributed by atoms with Crippen LogP contribution in [0.4, 0.5) is 13.2 Å². The highest BCUT2D eigenvalue weighted by Gasteiger charge is 2.34. The summed E-state index contributed by atoms with van der Waals surface area (Å²) in [5, 5.41) is 8.68. The Kier molecular flexibility index (Phi) is 7.22. The number of benzene rings is 1. The van der Waals surface area contributed by atoms with Crippen LogP contribution in [0.15, 0.2) is 24.3 Å². The van der Waals surface area contributed by atoms with Gasteiger partial charge in [-0.15, -0.1) is 0 Å². The molecule has 0 bridgehead atoms. The van der Waals surface area contributed by atoms with Crippen molar-refractivity contribution in [3.05, 3.63) is 35.4 Å². The molecule has 0 aliphatic carbocycles. The second-order valence-electron chi connectivity index (χ2n) is 5.00. The largest absolute Gasteiger partial charge is 0.480 e. The van der Waals surface area contributed by atoms with Crippen LogP contribution in [0.1, 0.15) is 36.8 Å². The molecule has 0 fully saturated rings. The van der Waals surface area contributed by atoms with Crippen molar-refractivity contribution in [1.29, 1.82) is 0 Å². The zero-order valence-electron chi connectivity index (χ0n) is 12.3. The lowest BCUT2D eigenvalue weighted by Crippen LogP contribution is -2.30. The zero-order chi connectivity index (χ0) is 16.8. The van der Waals surface area contributed by atoms with Crippen LogP contribution >= 0.6 is 11.8 Å². The predicted octanol–water partition coefficient (Wildman–Crippen LogP) is 3.73. The first-order chi connectivity index (χ1) is 10.3. The molecule has 1 aromatic rings. The Hall–Kier alpha value is -1.21. The number of halogens is 3. The molecule has 2 unspecified atom stereocenters. The number of carbonyl (C=O) groups is 1. The first-order valence-electron chi connectivity index (χ1n) is 6.99. The van der Waals surface area contributed by atoms with Crippen LogP contribution in [0.2, 0.25) is 0 Å². The van der Waals surface area contributed by atoms with Crippen LogP contribution in [0.3, 0.4) is 0 Å². The number of thioether (sulfide) groups is 1. The predicted molar refractivity (Wildman–Crippen MR) is 82.0 cm³/mol. The molecule has 22 heavy (non-hydrogen) atoms. The van der Waals surface area contributed by atoms with Gasteiger partial charge in [0.05, 0.1) is 5.56 Å². The van der Waals surface area contributed by atoms with E-state index < -0.39 is 23.8 Å². The summed E-state index contributed by atoms with van der Waals surface area (Å²) < 4.78 is 39.1. The Balaban J connectivity index is 2.67. The summed E-state index contributed by atoms with van der Waals surface area (Å²) >= 11 is 1.44. The van der Waals surface area contributed by atoms with E-state index in [9.17, 15) is 18.0 Å². The average molecular weight is 335 g/mol. The highest BCUT2D eigenvalue weighted by molar-refractivity contribution is 7.99. The second kappa shape index (κ2) is 8.43. The van der Waals surface area contributed by atoms with Crippen LogP contribution in [0.25, 0.3) is 0 Å². The van der Waals surface area contributed by atoms with Gasteiger partial charge in [0.1, 0.15) is 6.04 Å². The van der Waals surface area contributed by atoms with Crippen molar-refractivity contribution in [2.45, 2.75) is 37.9 Å². The van der Waals surface area contributed by atoms with Crippen molar-refractivity contribution >= 4 is 17.7 Å². The Morgan fingerprint density at radius 2 is 2.00 bits per heavy atom. The molecule has 7 heteroatoms. The molecule has 124 valence electrons. The van der Waals surface area contributed by atoms with Crippen molar-refractivity contribution in [1.82, 2.24) is 0 Å². The quantitative estimate of drug-likeness (QED) is 0.711. The van der Waals surface area contributed by atoms with E-state index in [0.717, 1.165) is 6.07 Å². The molecule has 2 atom stereocenters. The maximum absolute atomic E-state index is 13.0. The fourth-order valence-corrected chi connectivity index (χ4v) is 3.39. The van der Waals surface area contributed by atoms with E-state index in [1.807, 2.05) is 6.92 Å². The fraction of sp³-hybridized carbons (Fsp3) is 0.533. The summed E-state index contributed by atoms with van der Waals surface area (Å²) in [5.74, 6) is -0.257. The summed E-state index contributed by atoms with van der Waals surface area (Å²) in [5.41, 5.74) is 5.10. The molecular formula is C15H20F3NO2S. The van der Waals surface area contributed by atoms with E-state index in [1.54, 1.807) is 6.07 Å². The van der Waals surface area contributed by atoms with Gasteiger partial charge in [-0.1, -0.05) is 25.1 Å². The minimum absolute atomic E-state index is 0.219. The first-order valence-corrected chi connectivity index (χ1v) is 8.15. The number of hydrogen-bond donors (Lipinski definition) is 2. The summed E-state index contributed by atoms with van der Waals surface area (Å²) in [7, 11) is 0. The van der Waals surface area contributed by atoms with Gasteiger partial charge in [0.15, 0.2) is 0 Å². The highest BCUT2D eigenvalue weighted by atomic mass is 32.2. The van der Waals surface area contributed by atoms with Gasteiger partial charge in [0, 0.05) is 5.75 Å². The fourth-order valence-electron chi connectivity index (χ4n) is 2.10. The lowest BCUT2D eigenvalue weighted by atomic mass is 9.93. The molecular weight excluding hydrogens is 315 g/mol. The van der Waals surface area contributed by atoms with Crippen LogP contribution in [-0.2, 0) is 11.0 Å². The minimum atomic E-state index is -4.36. The van der Waals surface area contributed by atoms with E-state index in [0.29, 0.717) is 29.9 Å². The molecule has 0 radical (unpaired) electrons. The second-order valence-corrected chi connectivity index (χ2v) is 6.15. The van der Waals surface area contributed by atoms with Crippen molar-refractivity contribution in [2.75, 3.05) is 11.5 Å². The Morgan fingerprint density at radius 1 is 1.36 bits per heavy atom. The molecule has 0 amide bonds. The van der Waals surface area contributed by atoms with Gasteiger partial charge < -0.3 is 10.8 Å². The normalized spacial score (nSPS) is 14.6. The molecule has 0 aliphatic rings. The molecule has 0 heterocycles. The van der Waals surface area contributed by atoms with Gasteiger partial charge in [-0.2, -0.15) is 24.9 Å². The average Bonchev–Trinajstić information content (AvgIpc) is 2.46. The molecule has 1 aromatic carbocycles. The smallest absolute Gasteiger partial charge is 0.416 e. The highest BCUT2D eigenvalue weighted by Crippen LogP contribution is 2.37.